The zero-order valence-corrected chi connectivity index (χ0v) is 24.2. The molecule has 2 N–H and O–H groups in total. The number of halogens is 1. The second-order valence-electron chi connectivity index (χ2n) is 8.85. The van der Waals surface area contributed by atoms with E-state index in [0.717, 1.165) is 10.5 Å². The summed E-state index contributed by atoms with van der Waals surface area (Å²) in [5.41, 5.74) is 2.17. The minimum Gasteiger partial charge on any atom is -0.494 e. The Kier molecular flexibility index (Phi) is 9.41. The van der Waals surface area contributed by atoms with Crippen LogP contribution >= 0.6 is 15.9 Å². The fraction of sp³-hybridized carbons (Fsp3) is 0.200. The standard InChI is InChI=1S/C30H28BrN3O7/c1-4-39-22-12-10-21(11-13-22)34-29(37)23(28(36)33-30(34)38)14-19-15-24(31)27(25(16-19)40-5-2)41-17-26(35)32-20-8-6-18(3)7-9-20/h6-16H,4-5,17H2,1-3H3,(H,32,35)(H,33,36,38)/b23-14+. The number of nitrogens with zero attached hydrogens (tertiary/aromatic N) is 1. The first kappa shape index (κ1) is 29.3. The number of carbonyl (C=O) groups excluding carboxylic acids is 4. The number of hydrogen-bond donors (Lipinski definition) is 2. The van der Waals surface area contributed by atoms with Gasteiger partial charge in [-0.05, 0) is 96.9 Å². The van der Waals surface area contributed by atoms with E-state index in [1.807, 2.05) is 26.0 Å². The summed E-state index contributed by atoms with van der Waals surface area (Å²) in [6.45, 7) is 6.05. The Hall–Kier alpha value is -4.64. The number of benzene rings is 3. The molecule has 5 amide bonds. The number of hydrogen-bond acceptors (Lipinski definition) is 7. The molecule has 10 nitrogen and oxygen atoms in total. The minimum absolute atomic E-state index is 0.251. The highest BCUT2D eigenvalue weighted by molar-refractivity contribution is 9.10. The van der Waals surface area contributed by atoms with Crippen molar-refractivity contribution in [3.05, 3.63) is 81.8 Å². The third-order valence-electron chi connectivity index (χ3n) is 5.83. The molecule has 41 heavy (non-hydrogen) atoms. The molecule has 1 fully saturated rings. The van der Waals surface area contributed by atoms with E-state index in [1.165, 1.54) is 6.08 Å². The van der Waals surface area contributed by atoms with E-state index < -0.39 is 17.8 Å². The first-order chi connectivity index (χ1) is 19.7. The molecular formula is C30H28BrN3O7. The van der Waals surface area contributed by atoms with Crippen molar-refractivity contribution < 1.29 is 33.4 Å². The summed E-state index contributed by atoms with van der Waals surface area (Å²) in [5.74, 6) is -0.831. The summed E-state index contributed by atoms with van der Waals surface area (Å²) >= 11 is 3.44. The third kappa shape index (κ3) is 7.12. The minimum atomic E-state index is -0.856. The number of nitrogens with one attached hydrogen (secondary N) is 2. The largest absolute Gasteiger partial charge is 0.494 e. The van der Waals surface area contributed by atoms with Crippen LogP contribution < -0.4 is 29.7 Å². The van der Waals surface area contributed by atoms with Gasteiger partial charge < -0.3 is 19.5 Å². The lowest BCUT2D eigenvalue weighted by molar-refractivity contribution is -0.122. The first-order valence-corrected chi connectivity index (χ1v) is 13.6. The highest BCUT2D eigenvalue weighted by atomic mass is 79.9. The monoisotopic (exact) mass is 621 g/mol. The molecule has 0 atom stereocenters. The Morgan fingerprint density at radius 3 is 2.29 bits per heavy atom. The van der Waals surface area contributed by atoms with Crippen molar-refractivity contribution in [2.75, 3.05) is 30.0 Å². The average Bonchev–Trinajstić information content (AvgIpc) is 2.93. The number of rotatable bonds is 10. The molecule has 212 valence electrons. The third-order valence-corrected chi connectivity index (χ3v) is 6.42. The average molecular weight is 622 g/mol. The second-order valence-corrected chi connectivity index (χ2v) is 9.70. The molecule has 3 aromatic rings. The predicted molar refractivity (Wildman–Crippen MR) is 157 cm³/mol. The van der Waals surface area contributed by atoms with Gasteiger partial charge >= 0.3 is 6.03 Å². The maximum absolute atomic E-state index is 13.3. The van der Waals surface area contributed by atoms with Crippen LogP contribution in [0.3, 0.4) is 0 Å². The molecule has 1 aliphatic rings. The van der Waals surface area contributed by atoms with E-state index in [2.05, 4.69) is 26.6 Å². The van der Waals surface area contributed by atoms with Gasteiger partial charge in [0.15, 0.2) is 18.1 Å². The summed E-state index contributed by atoms with van der Waals surface area (Å²) in [7, 11) is 0. The normalized spacial score (nSPS) is 14.1. The van der Waals surface area contributed by atoms with Crippen LogP contribution in [0.25, 0.3) is 6.08 Å². The van der Waals surface area contributed by atoms with Gasteiger partial charge in [-0.25, -0.2) is 9.69 Å². The molecule has 0 spiro atoms. The Balaban J connectivity index is 1.56. The van der Waals surface area contributed by atoms with Gasteiger partial charge in [-0.15, -0.1) is 0 Å². The van der Waals surface area contributed by atoms with Crippen molar-refractivity contribution in [2.45, 2.75) is 20.8 Å². The van der Waals surface area contributed by atoms with Crippen LogP contribution in [-0.2, 0) is 14.4 Å². The molecule has 0 radical (unpaired) electrons. The van der Waals surface area contributed by atoms with Crippen molar-refractivity contribution in [3.8, 4) is 17.2 Å². The zero-order valence-electron chi connectivity index (χ0n) is 22.7. The molecule has 0 saturated carbocycles. The summed E-state index contributed by atoms with van der Waals surface area (Å²) in [4.78, 5) is 51.9. The molecule has 0 unspecified atom stereocenters. The van der Waals surface area contributed by atoms with Crippen LogP contribution in [-0.4, -0.2) is 43.6 Å². The van der Waals surface area contributed by atoms with E-state index >= 15 is 0 Å². The van der Waals surface area contributed by atoms with Crippen LogP contribution in [0.5, 0.6) is 17.2 Å². The Labute approximate surface area is 245 Å². The number of imide groups is 2. The molecule has 0 aromatic heterocycles. The predicted octanol–water partition coefficient (Wildman–Crippen LogP) is 5.24. The molecule has 1 saturated heterocycles. The Morgan fingerprint density at radius 2 is 1.63 bits per heavy atom. The van der Waals surface area contributed by atoms with Gasteiger partial charge in [0.25, 0.3) is 17.7 Å². The van der Waals surface area contributed by atoms with Gasteiger partial charge in [0.05, 0.1) is 23.4 Å². The van der Waals surface area contributed by atoms with Crippen LogP contribution in [0.4, 0.5) is 16.2 Å². The van der Waals surface area contributed by atoms with Crippen molar-refractivity contribution in [3.63, 3.8) is 0 Å². The van der Waals surface area contributed by atoms with Gasteiger partial charge in [0.1, 0.15) is 11.3 Å². The number of amides is 5. The van der Waals surface area contributed by atoms with Crippen molar-refractivity contribution >= 4 is 57.1 Å². The van der Waals surface area contributed by atoms with E-state index in [4.69, 9.17) is 14.2 Å². The highest BCUT2D eigenvalue weighted by Crippen LogP contribution is 2.38. The van der Waals surface area contributed by atoms with Crippen LogP contribution in [0.1, 0.15) is 25.0 Å². The molecule has 1 heterocycles. The lowest BCUT2D eigenvalue weighted by Crippen LogP contribution is -2.54. The van der Waals surface area contributed by atoms with Gasteiger partial charge in [-0.3, -0.25) is 19.7 Å². The topological polar surface area (TPSA) is 123 Å². The number of aryl methyl sites for hydroxylation is 1. The summed E-state index contributed by atoms with van der Waals surface area (Å²) < 4.78 is 17.3. The molecule has 3 aromatic carbocycles. The molecule has 0 bridgehead atoms. The van der Waals surface area contributed by atoms with Crippen LogP contribution in [0, 0.1) is 6.92 Å². The van der Waals surface area contributed by atoms with Gasteiger partial charge in [0, 0.05) is 5.69 Å². The van der Waals surface area contributed by atoms with E-state index in [9.17, 15) is 19.2 Å². The van der Waals surface area contributed by atoms with Crippen LogP contribution in [0.2, 0.25) is 0 Å². The number of anilines is 2. The number of ether oxygens (including phenoxy) is 3. The van der Waals surface area contributed by atoms with Gasteiger partial charge in [0.2, 0.25) is 0 Å². The molecule has 4 rings (SSSR count). The summed E-state index contributed by atoms with van der Waals surface area (Å²) in [5, 5.41) is 4.97. The maximum Gasteiger partial charge on any atom is 0.335 e. The fourth-order valence-electron chi connectivity index (χ4n) is 3.96. The van der Waals surface area contributed by atoms with Gasteiger partial charge in [-0.1, -0.05) is 17.7 Å². The van der Waals surface area contributed by atoms with E-state index in [0.29, 0.717) is 33.8 Å². The molecule has 11 heteroatoms. The molecule has 0 aliphatic carbocycles. The first-order valence-electron chi connectivity index (χ1n) is 12.8. The fourth-order valence-corrected chi connectivity index (χ4v) is 4.54. The number of barbiturate groups is 1. The van der Waals surface area contributed by atoms with Gasteiger partial charge in [-0.2, -0.15) is 0 Å². The van der Waals surface area contributed by atoms with E-state index in [1.54, 1.807) is 55.5 Å². The van der Waals surface area contributed by atoms with E-state index in [-0.39, 0.29) is 36.1 Å². The van der Waals surface area contributed by atoms with Crippen molar-refractivity contribution in [1.29, 1.82) is 0 Å². The van der Waals surface area contributed by atoms with Crippen molar-refractivity contribution in [1.82, 2.24) is 5.32 Å². The lowest BCUT2D eigenvalue weighted by atomic mass is 10.1. The quantitative estimate of drug-likeness (QED) is 0.234. The summed E-state index contributed by atoms with van der Waals surface area (Å²) in [6.07, 6.45) is 1.35. The Morgan fingerprint density at radius 1 is 0.951 bits per heavy atom. The SMILES string of the molecule is CCOc1ccc(N2C(=O)NC(=O)/C(=C\c3cc(Br)c(OCC(=O)Nc4ccc(C)cc4)c(OCC)c3)C2=O)cc1. The van der Waals surface area contributed by atoms with Crippen molar-refractivity contribution in [2.24, 2.45) is 0 Å². The van der Waals surface area contributed by atoms with Crippen LogP contribution in [0.15, 0.2) is 70.7 Å². The molecule has 1 aliphatic heterocycles. The number of carbonyl (C=O) groups is 4. The lowest BCUT2D eigenvalue weighted by Gasteiger charge is -2.26. The maximum atomic E-state index is 13.3. The second kappa shape index (κ2) is 13.1. The zero-order chi connectivity index (χ0) is 29.5. The Bertz CT molecular complexity index is 1500. The molecular weight excluding hydrogens is 594 g/mol. The number of urea groups is 1. The smallest absolute Gasteiger partial charge is 0.335 e. The highest BCUT2D eigenvalue weighted by Gasteiger charge is 2.37. The summed E-state index contributed by atoms with van der Waals surface area (Å²) in [6, 6.07) is 16.1.